The molecule has 24 heavy (non-hydrogen) atoms. The molecule has 0 amide bonds. The number of thioether (sulfide) groups is 1. The predicted molar refractivity (Wildman–Crippen MR) is 99.9 cm³/mol. The summed E-state index contributed by atoms with van der Waals surface area (Å²) in [7, 11) is 0. The third kappa shape index (κ3) is 3.06. The minimum Gasteiger partial charge on any atom is -0.481 e. The van der Waals surface area contributed by atoms with Crippen molar-refractivity contribution in [3.8, 4) is 0 Å². The van der Waals surface area contributed by atoms with Crippen LogP contribution < -0.4 is 0 Å². The third-order valence-electron chi connectivity index (χ3n) is 7.65. The average molecular weight is 349 g/mol. The first-order chi connectivity index (χ1) is 11.4. The highest BCUT2D eigenvalue weighted by atomic mass is 32.2. The van der Waals surface area contributed by atoms with Crippen LogP contribution in [0.5, 0.6) is 0 Å². The highest BCUT2D eigenvalue weighted by Crippen LogP contribution is 2.56. The van der Waals surface area contributed by atoms with Crippen molar-refractivity contribution >= 4 is 17.7 Å². The van der Waals surface area contributed by atoms with Gasteiger partial charge in [0.2, 0.25) is 0 Å². The maximum absolute atomic E-state index is 11.3. The second-order valence-corrected chi connectivity index (χ2v) is 10.8. The molecule has 1 N–H and O–H groups in total. The molecule has 2 nitrogen and oxygen atoms in total. The highest BCUT2D eigenvalue weighted by Gasteiger charge is 2.45. The molecule has 134 valence electrons. The van der Waals surface area contributed by atoms with E-state index in [1.807, 2.05) is 0 Å². The second-order valence-electron chi connectivity index (χ2n) is 9.49. The van der Waals surface area contributed by atoms with E-state index in [0.29, 0.717) is 16.6 Å². The highest BCUT2D eigenvalue weighted by molar-refractivity contribution is 8.03. The Hall–Kier alpha value is -0.440. The van der Waals surface area contributed by atoms with E-state index in [1.165, 1.54) is 38.5 Å². The van der Waals surface area contributed by atoms with Gasteiger partial charge in [-0.25, -0.2) is 0 Å². The third-order valence-corrected chi connectivity index (χ3v) is 9.24. The van der Waals surface area contributed by atoms with Crippen LogP contribution in [0.1, 0.15) is 71.6 Å². The molecule has 0 saturated heterocycles. The zero-order chi connectivity index (χ0) is 16.9. The first-order valence-corrected chi connectivity index (χ1v) is 10.9. The molecule has 0 aromatic rings. The van der Waals surface area contributed by atoms with E-state index in [9.17, 15) is 9.90 Å². The maximum Gasteiger partial charge on any atom is 0.306 e. The molecule has 1 heterocycles. The molecular formula is C21H32O2S. The van der Waals surface area contributed by atoms with Gasteiger partial charge in [0.05, 0.1) is 5.92 Å². The Morgan fingerprint density at radius 3 is 2.79 bits per heavy atom. The van der Waals surface area contributed by atoms with E-state index < -0.39 is 5.97 Å². The van der Waals surface area contributed by atoms with E-state index in [0.717, 1.165) is 37.0 Å². The van der Waals surface area contributed by atoms with Gasteiger partial charge in [0.15, 0.2) is 0 Å². The Labute approximate surface area is 150 Å². The Balaban J connectivity index is 1.43. The summed E-state index contributed by atoms with van der Waals surface area (Å²) in [6, 6.07) is 0. The van der Waals surface area contributed by atoms with Gasteiger partial charge in [0.25, 0.3) is 0 Å². The fraction of sp³-hybridized carbons (Fsp3) is 0.857. The van der Waals surface area contributed by atoms with E-state index in [-0.39, 0.29) is 5.92 Å². The van der Waals surface area contributed by atoms with Crippen molar-refractivity contribution < 1.29 is 9.90 Å². The summed E-state index contributed by atoms with van der Waals surface area (Å²) in [5.41, 5.74) is 0.520. The van der Waals surface area contributed by atoms with Crippen LogP contribution in [0, 0.1) is 35.0 Å². The van der Waals surface area contributed by atoms with E-state index in [4.69, 9.17) is 0 Å². The van der Waals surface area contributed by atoms with Crippen molar-refractivity contribution in [1.82, 2.24) is 0 Å². The van der Waals surface area contributed by atoms with Crippen molar-refractivity contribution in [2.24, 2.45) is 35.0 Å². The van der Waals surface area contributed by atoms with Crippen LogP contribution in [-0.4, -0.2) is 16.3 Å². The summed E-state index contributed by atoms with van der Waals surface area (Å²) in [6.45, 7) is 5.00. The molecule has 6 unspecified atom stereocenters. The Morgan fingerprint density at radius 1 is 1.17 bits per heavy atom. The zero-order valence-electron chi connectivity index (χ0n) is 15.2. The van der Waals surface area contributed by atoms with Crippen LogP contribution >= 0.6 is 11.8 Å². The van der Waals surface area contributed by atoms with Crippen molar-refractivity contribution in [3.63, 3.8) is 0 Å². The summed E-state index contributed by atoms with van der Waals surface area (Å²) in [5.74, 6) is 2.61. The Morgan fingerprint density at radius 2 is 2.00 bits per heavy atom. The largest absolute Gasteiger partial charge is 0.481 e. The van der Waals surface area contributed by atoms with Gasteiger partial charge >= 0.3 is 5.97 Å². The summed E-state index contributed by atoms with van der Waals surface area (Å²) in [4.78, 5) is 13.0. The maximum atomic E-state index is 11.3. The average Bonchev–Trinajstić information content (AvgIpc) is 2.97. The van der Waals surface area contributed by atoms with Crippen molar-refractivity contribution in [3.05, 3.63) is 11.0 Å². The molecule has 4 aliphatic rings. The standard InChI is InChI=1S/C21H32O2S/c1-21(2)9-3-4-13-5-6-14(10-17(13)21)18-11-15-7-8-16(20(22)23)12-19(15)24-18/h11,13-17,19H,3-10,12H2,1-2H3,(H,22,23). The molecule has 0 spiro atoms. The lowest BCUT2D eigenvalue weighted by Crippen LogP contribution is -2.39. The molecule has 3 aliphatic carbocycles. The Bertz CT molecular complexity index is 538. The van der Waals surface area contributed by atoms with Crippen molar-refractivity contribution in [2.75, 3.05) is 0 Å². The van der Waals surface area contributed by atoms with Crippen molar-refractivity contribution in [1.29, 1.82) is 0 Å². The van der Waals surface area contributed by atoms with Crippen LogP contribution in [0.4, 0.5) is 0 Å². The first kappa shape index (κ1) is 17.0. The lowest BCUT2D eigenvalue weighted by molar-refractivity contribution is -0.142. The number of allylic oxidation sites excluding steroid dienone is 2. The van der Waals surface area contributed by atoms with Crippen LogP contribution in [0.25, 0.3) is 0 Å². The number of hydrogen-bond donors (Lipinski definition) is 1. The molecule has 0 bridgehead atoms. The van der Waals surface area contributed by atoms with E-state index in [2.05, 4.69) is 31.7 Å². The SMILES string of the molecule is CC1(C)CCCC2CCC(C3=CC4CCC(C(=O)O)CC4S3)CC21. The van der Waals surface area contributed by atoms with Gasteiger partial charge in [0, 0.05) is 5.25 Å². The van der Waals surface area contributed by atoms with E-state index >= 15 is 0 Å². The topological polar surface area (TPSA) is 37.3 Å². The number of carboxylic acid groups (broad SMARTS) is 1. The van der Waals surface area contributed by atoms with Crippen molar-refractivity contribution in [2.45, 2.75) is 76.9 Å². The number of carbonyl (C=O) groups is 1. The molecule has 4 rings (SSSR count). The molecule has 0 aromatic heterocycles. The number of fused-ring (bicyclic) bond motifs is 2. The monoisotopic (exact) mass is 348 g/mol. The molecule has 3 heteroatoms. The summed E-state index contributed by atoms with van der Waals surface area (Å²) < 4.78 is 0. The quantitative estimate of drug-likeness (QED) is 0.692. The first-order valence-electron chi connectivity index (χ1n) is 10.1. The fourth-order valence-electron chi connectivity index (χ4n) is 6.16. The minimum absolute atomic E-state index is 0.0977. The van der Waals surface area contributed by atoms with Crippen LogP contribution in [-0.2, 0) is 4.79 Å². The number of hydrogen-bond acceptors (Lipinski definition) is 2. The van der Waals surface area contributed by atoms with Gasteiger partial charge in [-0.2, -0.15) is 0 Å². The predicted octanol–water partition coefficient (Wildman–Crippen LogP) is 5.73. The van der Waals surface area contributed by atoms with Gasteiger partial charge in [-0.1, -0.05) is 32.8 Å². The molecule has 0 radical (unpaired) electrons. The fourth-order valence-corrected chi connectivity index (χ4v) is 7.89. The normalized spacial score (nSPS) is 44.3. The summed E-state index contributed by atoms with van der Waals surface area (Å²) in [6.07, 6.45) is 13.9. The number of carboxylic acids is 1. The second kappa shape index (κ2) is 6.37. The van der Waals surface area contributed by atoms with Gasteiger partial charge in [0.1, 0.15) is 0 Å². The molecular weight excluding hydrogens is 316 g/mol. The smallest absolute Gasteiger partial charge is 0.306 e. The lowest BCUT2D eigenvalue weighted by Gasteiger charge is -2.49. The van der Waals surface area contributed by atoms with Gasteiger partial charge in [-0.15, -0.1) is 11.8 Å². The van der Waals surface area contributed by atoms with E-state index in [1.54, 1.807) is 4.91 Å². The Kier molecular flexibility index (Phi) is 4.51. The van der Waals surface area contributed by atoms with Gasteiger partial charge in [-0.3, -0.25) is 4.79 Å². The number of aliphatic carboxylic acids is 1. The lowest BCUT2D eigenvalue weighted by atomic mass is 9.57. The molecule has 3 saturated carbocycles. The van der Waals surface area contributed by atoms with Crippen LogP contribution in [0.3, 0.4) is 0 Å². The minimum atomic E-state index is -0.577. The van der Waals surface area contributed by atoms with Gasteiger partial charge in [-0.05, 0) is 78.9 Å². The van der Waals surface area contributed by atoms with Gasteiger partial charge < -0.3 is 5.11 Å². The van der Waals surface area contributed by atoms with Crippen LogP contribution in [0.15, 0.2) is 11.0 Å². The molecule has 0 aromatic carbocycles. The molecule has 1 aliphatic heterocycles. The molecule has 6 atom stereocenters. The summed E-state index contributed by atoms with van der Waals surface area (Å²) in [5, 5.41) is 9.88. The zero-order valence-corrected chi connectivity index (χ0v) is 16.0. The summed E-state index contributed by atoms with van der Waals surface area (Å²) >= 11 is 2.06. The number of rotatable bonds is 2. The molecule has 3 fully saturated rings. The van der Waals surface area contributed by atoms with Crippen LogP contribution in [0.2, 0.25) is 0 Å².